The summed E-state index contributed by atoms with van der Waals surface area (Å²) in [6.07, 6.45) is -0.755. The summed E-state index contributed by atoms with van der Waals surface area (Å²) in [5.74, 6) is -0.112. The molecular weight excluding hydrogens is 432 g/mol. The van der Waals surface area contributed by atoms with E-state index in [1.807, 2.05) is 31.2 Å². The van der Waals surface area contributed by atoms with Crippen LogP contribution >= 0.6 is 0 Å². The minimum absolute atomic E-state index is 0.112. The maximum absolute atomic E-state index is 12.8. The first kappa shape index (κ1) is 21.9. The maximum atomic E-state index is 12.8. The molecule has 0 aromatic heterocycles. The third-order valence-corrected chi connectivity index (χ3v) is 6.97. The zero-order chi connectivity index (χ0) is 23.4. The lowest BCUT2D eigenvalue weighted by atomic mass is 10.00. The highest BCUT2D eigenvalue weighted by molar-refractivity contribution is 7.94. The zero-order valence-corrected chi connectivity index (χ0v) is 19.4. The fourth-order valence-electron chi connectivity index (χ4n) is 4.12. The van der Waals surface area contributed by atoms with Crippen molar-refractivity contribution in [1.82, 2.24) is 0 Å². The number of benzene rings is 2. The lowest BCUT2D eigenvalue weighted by molar-refractivity contribution is -0.117. The van der Waals surface area contributed by atoms with Crippen LogP contribution in [0.3, 0.4) is 0 Å². The first-order valence-electron chi connectivity index (χ1n) is 10.3. The number of nitrogens with one attached hydrogen (secondary N) is 1. The Morgan fingerprint density at radius 3 is 2.31 bits per heavy atom. The van der Waals surface area contributed by atoms with Crippen LogP contribution in [0.1, 0.15) is 27.7 Å². The Balaban J connectivity index is 1.81. The van der Waals surface area contributed by atoms with Crippen LogP contribution < -0.4 is 18.8 Å². The van der Waals surface area contributed by atoms with Crippen molar-refractivity contribution in [2.24, 2.45) is 0 Å². The molecule has 0 saturated carbocycles. The molecule has 170 valence electrons. The molecule has 4 rings (SSSR count). The summed E-state index contributed by atoms with van der Waals surface area (Å²) in [5.41, 5.74) is 3.81. The van der Waals surface area contributed by atoms with Gasteiger partial charge in [0.25, 0.3) is 0 Å². The van der Waals surface area contributed by atoms with Crippen LogP contribution in [-0.2, 0) is 19.7 Å². The number of fused-ring (bicyclic) bond motifs is 2. The van der Waals surface area contributed by atoms with Crippen LogP contribution in [0.5, 0.6) is 0 Å². The first-order valence-corrected chi connectivity index (χ1v) is 11.8. The van der Waals surface area contributed by atoms with E-state index in [9.17, 15) is 18.0 Å². The standard InChI is InChI=1S/C22H26N4O5S/c1-13(2)31-22(28)25-12-14(3)26(15(4)27)19-9-7-17(11-21(19)25)16-6-8-18-20(10-16)24(5)32(29,30)23-18/h6-11,13-14,23H,12H2,1-5H3. The summed E-state index contributed by atoms with van der Waals surface area (Å²) in [6, 6.07) is 10.6. The molecule has 0 saturated heterocycles. The van der Waals surface area contributed by atoms with Gasteiger partial charge in [-0.15, -0.1) is 0 Å². The average Bonchev–Trinajstić information content (AvgIpc) is 2.94. The first-order chi connectivity index (χ1) is 15.0. The molecule has 2 aliphatic rings. The fourth-order valence-corrected chi connectivity index (χ4v) is 5.12. The summed E-state index contributed by atoms with van der Waals surface area (Å²) >= 11 is 0. The Kier molecular flexibility index (Phi) is 5.28. The third kappa shape index (κ3) is 3.64. The van der Waals surface area contributed by atoms with E-state index in [0.717, 1.165) is 11.1 Å². The molecule has 0 fully saturated rings. The largest absolute Gasteiger partial charge is 0.446 e. The molecule has 2 aromatic rings. The fraction of sp³-hybridized carbons (Fsp3) is 0.364. The molecule has 0 bridgehead atoms. The number of carbonyl (C=O) groups excluding carboxylic acids is 2. The van der Waals surface area contributed by atoms with Crippen molar-refractivity contribution in [2.45, 2.75) is 39.8 Å². The summed E-state index contributed by atoms with van der Waals surface area (Å²) in [4.78, 5) is 28.4. The van der Waals surface area contributed by atoms with Gasteiger partial charge in [0, 0.05) is 20.5 Å². The van der Waals surface area contributed by atoms with Gasteiger partial charge in [0.05, 0.1) is 34.9 Å². The molecule has 2 amide bonds. The molecule has 2 aliphatic heterocycles. The van der Waals surface area contributed by atoms with E-state index < -0.39 is 16.3 Å². The molecule has 0 radical (unpaired) electrons. The van der Waals surface area contributed by atoms with Gasteiger partial charge in [0.15, 0.2) is 0 Å². The highest BCUT2D eigenvalue weighted by atomic mass is 32.2. The Bertz CT molecular complexity index is 1210. The molecule has 9 nitrogen and oxygen atoms in total. The van der Waals surface area contributed by atoms with Gasteiger partial charge in [-0.25, -0.2) is 4.79 Å². The number of rotatable bonds is 2. The number of carbonyl (C=O) groups is 2. The second-order valence-corrected chi connectivity index (χ2v) is 9.99. The summed E-state index contributed by atoms with van der Waals surface area (Å²) < 4.78 is 33.4. The SMILES string of the molecule is CC(=O)N1c2ccc(-c3ccc4c(c3)N(C)S(=O)(=O)N4)cc2N(C(=O)OC(C)C)CC1C. The Morgan fingerprint density at radius 2 is 1.69 bits per heavy atom. The molecule has 2 heterocycles. The average molecular weight is 459 g/mol. The summed E-state index contributed by atoms with van der Waals surface area (Å²) in [6.45, 7) is 7.26. The normalized spacial score (nSPS) is 18.8. The topological polar surface area (TPSA) is 99.3 Å². The molecular formula is C22H26N4O5S. The Morgan fingerprint density at radius 1 is 1.06 bits per heavy atom. The number of anilines is 4. The second kappa shape index (κ2) is 7.70. The smallest absolute Gasteiger partial charge is 0.414 e. The minimum Gasteiger partial charge on any atom is -0.446 e. The van der Waals surface area contributed by atoms with Crippen LogP contribution in [0.2, 0.25) is 0 Å². The summed E-state index contributed by atoms with van der Waals surface area (Å²) in [5, 5.41) is 0. The van der Waals surface area contributed by atoms with Gasteiger partial charge >= 0.3 is 16.3 Å². The molecule has 1 unspecified atom stereocenters. The number of nitrogens with zero attached hydrogens (tertiary/aromatic N) is 3. The van der Waals surface area contributed by atoms with E-state index in [-0.39, 0.29) is 18.1 Å². The van der Waals surface area contributed by atoms with Gasteiger partial charge in [-0.1, -0.05) is 12.1 Å². The van der Waals surface area contributed by atoms with Gasteiger partial charge in [0.2, 0.25) is 5.91 Å². The summed E-state index contributed by atoms with van der Waals surface area (Å²) in [7, 11) is -2.10. The van der Waals surface area contributed by atoms with E-state index in [2.05, 4.69) is 4.72 Å². The molecule has 10 heteroatoms. The molecule has 1 N–H and O–H groups in total. The van der Waals surface area contributed by atoms with Gasteiger partial charge < -0.3 is 9.64 Å². The van der Waals surface area contributed by atoms with Crippen LogP contribution in [0.25, 0.3) is 11.1 Å². The van der Waals surface area contributed by atoms with Crippen molar-refractivity contribution in [2.75, 3.05) is 32.4 Å². The number of hydrogen-bond acceptors (Lipinski definition) is 5. The van der Waals surface area contributed by atoms with Gasteiger partial charge in [0.1, 0.15) is 0 Å². The van der Waals surface area contributed by atoms with Crippen molar-refractivity contribution in [3.8, 4) is 11.1 Å². The van der Waals surface area contributed by atoms with Crippen molar-refractivity contribution in [3.63, 3.8) is 0 Å². The molecule has 0 spiro atoms. The Labute approximate surface area is 187 Å². The van der Waals surface area contributed by atoms with Crippen LogP contribution in [0, 0.1) is 0 Å². The number of amides is 2. The maximum Gasteiger partial charge on any atom is 0.414 e. The highest BCUT2D eigenvalue weighted by Gasteiger charge is 2.35. The predicted molar refractivity (Wildman–Crippen MR) is 124 cm³/mol. The van der Waals surface area contributed by atoms with Crippen LogP contribution in [0.15, 0.2) is 36.4 Å². The molecule has 1 atom stereocenters. The van der Waals surface area contributed by atoms with Crippen molar-refractivity contribution < 1.29 is 22.7 Å². The second-order valence-electron chi connectivity index (χ2n) is 8.29. The van der Waals surface area contributed by atoms with Gasteiger partial charge in [-0.3, -0.25) is 18.7 Å². The number of ether oxygens (including phenoxy) is 1. The molecule has 32 heavy (non-hydrogen) atoms. The predicted octanol–water partition coefficient (Wildman–Crippen LogP) is 3.57. The van der Waals surface area contributed by atoms with Crippen molar-refractivity contribution in [3.05, 3.63) is 36.4 Å². The lowest BCUT2D eigenvalue weighted by Gasteiger charge is -2.40. The van der Waals surface area contributed by atoms with E-state index in [1.54, 1.807) is 35.8 Å². The number of hydrogen-bond donors (Lipinski definition) is 1. The monoisotopic (exact) mass is 458 g/mol. The third-order valence-electron chi connectivity index (χ3n) is 5.58. The van der Waals surface area contributed by atoms with Crippen molar-refractivity contribution >= 4 is 45.0 Å². The lowest BCUT2D eigenvalue weighted by Crippen LogP contribution is -2.51. The van der Waals surface area contributed by atoms with Gasteiger partial charge in [-0.05, 0) is 56.2 Å². The minimum atomic E-state index is -3.58. The van der Waals surface area contributed by atoms with Gasteiger partial charge in [-0.2, -0.15) is 8.42 Å². The van der Waals surface area contributed by atoms with Crippen LogP contribution in [-0.4, -0.2) is 46.2 Å². The van der Waals surface area contributed by atoms with E-state index >= 15 is 0 Å². The molecule has 0 aliphatic carbocycles. The van der Waals surface area contributed by atoms with Crippen molar-refractivity contribution in [1.29, 1.82) is 0 Å². The molecule has 2 aromatic carbocycles. The Hall–Kier alpha value is -3.27. The highest BCUT2D eigenvalue weighted by Crippen LogP contribution is 2.42. The van der Waals surface area contributed by atoms with Crippen LogP contribution in [0.4, 0.5) is 27.5 Å². The van der Waals surface area contributed by atoms with E-state index in [4.69, 9.17) is 4.74 Å². The zero-order valence-electron chi connectivity index (χ0n) is 18.6. The van der Waals surface area contributed by atoms with E-state index in [0.29, 0.717) is 29.3 Å². The quantitative estimate of drug-likeness (QED) is 0.742. The van der Waals surface area contributed by atoms with E-state index in [1.165, 1.54) is 18.3 Å².